The fourth-order valence-electron chi connectivity index (χ4n) is 2.42. The van der Waals surface area contributed by atoms with Crippen LogP contribution in [0.3, 0.4) is 0 Å². The van der Waals surface area contributed by atoms with Crippen LogP contribution in [-0.4, -0.2) is 42.2 Å². The molecule has 2 unspecified atom stereocenters. The first kappa shape index (κ1) is 14.8. The van der Waals surface area contributed by atoms with Crippen molar-refractivity contribution in [3.8, 4) is 0 Å². The quantitative estimate of drug-likeness (QED) is 0.674. The average molecular weight is 260 g/mol. The zero-order valence-corrected chi connectivity index (χ0v) is 11.8. The lowest BCUT2D eigenvalue weighted by Crippen LogP contribution is -2.56. The van der Waals surface area contributed by atoms with Gasteiger partial charge in [-0.15, -0.1) is 0 Å². The monoisotopic (exact) mass is 260 g/mol. The molecule has 1 rings (SSSR count). The summed E-state index contributed by atoms with van der Waals surface area (Å²) in [4.78, 5) is 11.7. The summed E-state index contributed by atoms with van der Waals surface area (Å²) in [5.74, 6) is 0.776. The Labute approximate surface area is 108 Å². The van der Waals surface area contributed by atoms with Crippen molar-refractivity contribution in [1.29, 1.82) is 0 Å². The lowest BCUT2D eigenvalue weighted by Gasteiger charge is -2.29. The molecule has 0 spiro atoms. The number of methoxy groups -OCH3 is 1. The summed E-state index contributed by atoms with van der Waals surface area (Å²) in [5, 5.41) is 3.87. The molecule has 1 fully saturated rings. The summed E-state index contributed by atoms with van der Waals surface area (Å²) in [6, 6.07) is 0.283. The third kappa shape index (κ3) is 4.16. The molecule has 1 aliphatic carbocycles. The Balaban J connectivity index is 2.50. The summed E-state index contributed by atoms with van der Waals surface area (Å²) in [5.41, 5.74) is 5.08. The van der Waals surface area contributed by atoms with Gasteiger partial charge in [-0.1, -0.05) is 0 Å². The molecule has 1 amide bonds. The minimum Gasteiger partial charge on any atom is -0.384 e. The van der Waals surface area contributed by atoms with Crippen LogP contribution in [0.1, 0.15) is 33.1 Å². The number of hydrogen-bond donors (Lipinski definition) is 2. The summed E-state index contributed by atoms with van der Waals surface area (Å²) in [6.45, 7) is 4.87. The number of thioether (sulfide) groups is 1. The minimum atomic E-state index is -0.487. The van der Waals surface area contributed by atoms with Crippen LogP contribution in [0.5, 0.6) is 0 Å². The highest BCUT2D eigenvalue weighted by atomic mass is 32.2. The number of carbonyl (C=O) groups is 1. The van der Waals surface area contributed by atoms with Crippen LogP contribution in [0.2, 0.25) is 0 Å². The standard InChI is InChI=1S/C12H24N2O2S/c1-9(2)14-12(11(13)15)5-4-10(8-12)17-7-6-16-3/h9-10,14H,4-8H2,1-3H3,(H2,13,15). The summed E-state index contributed by atoms with van der Waals surface area (Å²) >= 11 is 1.88. The average Bonchev–Trinajstić information content (AvgIpc) is 2.62. The third-order valence-corrected chi connectivity index (χ3v) is 4.42. The van der Waals surface area contributed by atoms with E-state index in [1.807, 2.05) is 11.8 Å². The predicted molar refractivity (Wildman–Crippen MR) is 72.2 cm³/mol. The van der Waals surface area contributed by atoms with Crippen LogP contribution >= 0.6 is 11.8 Å². The molecule has 0 aromatic heterocycles. The molecule has 1 saturated carbocycles. The van der Waals surface area contributed by atoms with E-state index in [1.54, 1.807) is 7.11 Å². The lowest BCUT2D eigenvalue weighted by molar-refractivity contribution is -0.124. The van der Waals surface area contributed by atoms with Gasteiger partial charge in [-0.3, -0.25) is 4.79 Å². The molecular formula is C12H24N2O2S. The Morgan fingerprint density at radius 1 is 1.65 bits per heavy atom. The van der Waals surface area contributed by atoms with Crippen LogP contribution in [0.25, 0.3) is 0 Å². The van der Waals surface area contributed by atoms with Gasteiger partial charge in [-0.2, -0.15) is 11.8 Å². The Morgan fingerprint density at radius 3 is 2.88 bits per heavy atom. The molecule has 0 aromatic carbocycles. The molecule has 0 aromatic rings. The zero-order valence-electron chi connectivity index (χ0n) is 11.0. The van der Waals surface area contributed by atoms with Crippen molar-refractivity contribution in [2.45, 2.75) is 49.9 Å². The van der Waals surface area contributed by atoms with E-state index in [2.05, 4.69) is 19.2 Å². The number of ether oxygens (including phenoxy) is 1. The first-order valence-electron chi connectivity index (χ1n) is 6.18. The smallest absolute Gasteiger partial charge is 0.237 e. The Hall–Kier alpha value is -0.260. The maximum atomic E-state index is 11.7. The molecule has 0 aliphatic heterocycles. The Bertz CT molecular complexity index is 261. The molecule has 3 N–H and O–H groups in total. The van der Waals surface area contributed by atoms with Crippen LogP contribution in [0, 0.1) is 0 Å². The van der Waals surface area contributed by atoms with Crippen LogP contribution in [-0.2, 0) is 9.53 Å². The highest BCUT2D eigenvalue weighted by Crippen LogP contribution is 2.37. The fraction of sp³-hybridized carbons (Fsp3) is 0.917. The molecule has 100 valence electrons. The van der Waals surface area contributed by atoms with Gasteiger partial charge in [-0.25, -0.2) is 0 Å². The van der Waals surface area contributed by atoms with Gasteiger partial charge in [0.05, 0.1) is 12.1 Å². The maximum absolute atomic E-state index is 11.7. The van der Waals surface area contributed by atoms with Crippen molar-refractivity contribution in [2.24, 2.45) is 5.73 Å². The van der Waals surface area contributed by atoms with E-state index in [0.29, 0.717) is 5.25 Å². The van der Waals surface area contributed by atoms with E-state index in [0.717, 1.165) is 31.6 Å². The molecule has 0 heterocycles. The fourth-order valence-corrected chi connectivity index (χ4v) is 3.70. The Morgan fingerprint density at radius 2 is 2.35 bits per heavy atom. The summed E-state index contributed by atoms with van der Waals surface area (Å²) in [6.07, 6.45) is 2.75. The summed E-state index contributed by atoms with van der Waals surface area (Å²) < 4.78 is 5.04. The molecule has 0 bridgehead atoms. The first-order chi connectivity index (χ1) is 8.00. The van der Waals surface area contributed by atoms with E-state index >= 15 is 0 Å². The number of carbonyl (C=O) groups excluding carboxylic acids is 1. The Kier molecular flexibility index (Phi) is 5.76. The normalized spacial score (nSPS) is 28.8. The van der Waals surface area contributed by atoms with E-state index in [1.165, 1.54) is 0 Å². The van der Waals surface area contributed by atoms with E-state index in [-0.39, 0.29) is 11.9 Å². The van der Waals surface area contributed by atoms with Gasteiger partial charge in [0.1, 0.15) is 0 Å². The molecule has 0 radical (unpaired) electrons. The van der Waals surface area contributed by atoms with E-state index < -0.39 is 5.54 Å². The largest absolute Gasteiger partial charge is 0.384 e. The second-order valence-electron chi connectivity index (χ2n) is 4.97. The number of nitrogens with one attached hydrogen (secondary N) is 1. The SMILES string of the molecule is COCCSC1CCC(NC(C)C)(C(N)=O)C1. The second kappa shape index (κ2) is 6.61. The van der Waals surface area contributed by atoms with Gasteiger partial charge in [-0.05, 0) is 33.1 Å². The molecule has 2 atom stereocenters. The summed E-state index contributed by atoms with van der Waals surface area (Å²) in [7, 11) is 1.71. The number of hydrogen-bond acceptors (Lipinski definition) is 4. The van der Waals surface area contributed by atoms with Gasteiger partial charge < -0.3 is 15.8 Å². The van der Waals surface area contributed by atoms with Crippen molar-refractivity contribution in [1.82, 2.24) is 5.32 Å². The van der Waals surface area contributed by atoms with Crippen LogP contribution in [0.15, 0.2) is 0 Å². The predicted octanol–water partition coefficient (Wildman–Crippen LogP) is 1.14. The molecule has 4 nitrogen and oxygen atoms in total. The topological polar surface area (TPSA) is 64.3 Å². The molecule has 5 heteroatoms. The highest BCUT2D eigenvalue weighted by Gasteiger charge is 2.44. The van der Waals surface area contributed by atoms with Crippen molar-refractivity contribution < 1.29 is 9.53 Å². The maximum Gasteiger partial charge on any atom is 0.237 e. The van der Waals surface area contributed by atoms with E-state index in [4.69, 9.17) is 10.5 Å². The lowest BCUT2D eigenvalue weighted by atomic mass is 9.96. The van der Waals surface area contributed by atoms with Crippen molar-refractivity contribution in [3.63, 3.8) is 0 Å². The molecule has 1 aliphatic rings. The van der Waals surface area contributed by atoms with E-state index in [9.17, 15) is 4.79 Å². The van der Waals surface area contributed by atoms with Crippen LogP contribution < -0.4 is 11.1 Å². The van der Waals surface area contributed by atoms with Gasteiger partial charge in [0.25, 0.3) is 0 Å². The van der Waals surface area contributed by atoms with Crippen molar-refractivity contribution >= 4 is 17.7 Å². The number of primary amides is 1. The van der Waals surface area contributed by atoms with Crippen molar-refractivity contribution in [3.05, 3.63) is 0 Å². The van der Waals surface area contributed by atoms with Gasteiger partial charge in [0, 0.05) is 24.2 Å². The molecule has 17 heavy (non-hydrogen) atoms. The number of nitrogens with two attached hydrogens (primary N) is 1. The van der Waals surface area contributed by atoms with Crippen molar-refractivity contribution in [2.75, 3.05) is 19.5 Å². The van der Waals surface area contributed by atoms with Gasteiger partial charge in [0.2, 0.25) is 5.91 Å². The third-order valence-electron chi connectivity index (χ3n) is 3.15. The van der Waals surface area contributed by atoms with Gasteiger partial charge >= 0.3 is 0 Å². The molecular weight excluding hydrogens is 236 g/mol. The zero-order chi connectivity index (χ0) is 12.9. The van der Waals surface area contributed by atoms with Crippen LogP contribution in [0.4, 0.5) is 0 Å². The second-order valence-corrected chi connectivity index (χ2v) is 6.38. The van der Waals surface area contributed by atoms with Gasteiger partial charge in [0.15, 0.2) is 0 Å². The minimum absolute atomic E-state index is 0.207. The highest BCUT2D eigenvalue weighted by molar-refractivity contribution is 7.99. The first-order valence-corrected chi connectivity index (χ1v) is 7.23. The number of amides is 1. The molecule has 0 saturated heterocycles. The number of rotatable bonds is 7.